The van der Waals surface area contributed by atoms with Crippen LogP contribution in [-0.4, -0.2) is 54.5 Å². The highest BCUT2D eigenvalue weighted by atomic mass is 19.4. The van der Waals surface area contributed by atoms with E-state index < -0.39 is 31.3 Å². The van der Waals surface area contributed by atoms with E-state index in [9.17, 15) is 18.0 Å². The highest BCUT2D eigenvalue weighted by molar-refractivity contribution is 5.81. The first-order valence-electron chi connectivity index (χ1n) is 5.52. The molecular weight excluding hydrogens is 239 g/mol. The third-order valence-electron chi connectivity index (χ3n) is 2.51. The molecule has 0 aromatic carbocycles. The summed E-state index contributed by atoms with van der Waals surface area (Å²) < 4.78 is 41.9. The van der Waals surface area contributed by atoms with Crippen molar-refractivity contribution in [3.05, 3.63) is 0 Å². The Kier molecular flexibility index (Phi) is 5.20. The second kappa shape index (κ2) is 6.20. The molecule has 1 rings (SSSR count). The molecule has 1 N–H and O–H groups in total. The van der Waals surface area contributed by atoms with E-state index in [4.69, 9.17) is 9.84 Å². The Morgan fingerprint density at radius 2 is 2.12 bits per heavy atom. The number of carbonyl (C=O) groups is 1. The molecule has 0 aromatic heterocycles. The summed E-state index contributed by atoms with van der Waals surface area (Å²) in [5.74, 6) is -0.684. The Hall–Kier alpha value is -0.820. The van der Waals surface area contributed by atoms with Crippen LogP contribution in [0.2, 0.25) is 0 Å². The van der Waals surface area contributed by atoms with Gasteiger partial charge in [0.2, 0.25) is 0 Å². The van der Waals surface area contributed by atoms with Gasteiger partial charge in [0.15, 0.2) is 0 Å². The summed E-state index contributed by atoms with van der Waals surface area (Å²) in [4.78, 5) is 12.4. The SMILES string of the molecule is O=C(C1CCCCO1)N(CCO)CC(F)(F)F. The Morgan fingerprint density at radius 1 is 1.41 bits per heavy atom. The minimum atomic E-state index is -4.46. The molecule has 1 amide bonds. The first kappa shape index (κ1) is 14.2. The summed E-state index contributed by atoms with van der Waals surface area (Å²) >= 11 is 0. The maximum Gasteiger partial charge on any atom is 0.406 e. The lowest BCUT2D eigenvalue weighted by molar-refractivity contribution is -0.170. The fourth-order valence-corrected chi connectivity index (χ4v) is 1.74. The predicted molar refractivity (Wildman–Crippen MR) is 53.3 cm³/mol. The van der Waals surface area contributed by atoms with Crippen LogP contribution in [0, 0.1) is 0 Å². The first-order valence-corrected chi connectivity index (χ1v) is 5.52. The van der Waals surface area contributed by atoms with Crippen LogP contribution >= 0.6 is 0 Å². The fraction of sp³-hybridized carbons (Fsp3) is 0.900. The Labute approximate surface area is 97.3 Å². The third-order valence-corrected chi connectivity index (χ3v) is 2.51. The number of amides is 1. The molecular formula is C10H16F3NO3. The molecule has 1 heterocycles. The molecule has 17 heavy (non-hydrogen) atoms. The largest absolute Gasteiger partial charge is 0.406 e. The molecule has 1 atom stereocenters. The minimum absolute atomic E-state index is 0.321. The van der Waals surface area contributed by atoms with Crippen LogP contribution in [0.3, 0.4) is 0 Å². The fourth-order valence-electron chi connectivity index (χ4n) is 1.74. The van der Waals surface area contributed by atoms with Crippen LogP contribution in [-0.2, 0) is 9.53 Å². The smallest absolute Gasteiger partial charge is 0.395 e. The molecule has 1 aliphatic heterocycles. The predicted octanol–water partition coefficient (Wildman–Crippen LogP) is 0.939. The van der Waals surface area contributed by atoms with Crippen LogP contribution in [0.1, 0.15) is 19.3 Å². The zero-order valence-corrected chi connectivity index (χ0v) is 9.37. The zero-order chi connectivity index (χ0) is 12.9. The van der Waals surface area contributed by atoms with E-state index in [1.54, 1.807) is 0 Å². The third kappa shape index (κ3) is 4.91. The number of ether oxygens (including phenoxy) is 1. The number of halogens is 3. The van der Waals surface area contributed by atoms with E-state index in [1.807, 2.05) is 0 Å². The van der Waals surface area contributed by atoms with Gasteiger partial charge >= 0.3 is 6.18 Å². The minimum Gasteiger partial charge on any atom is -0.395 e. The van der Waals surface area contributed by atoms with Crippen molar-refractivity contribution < 1.29 is 27.8 Å². The van der Waals surface area contributed by atoms with Gasteiger partial charge in [-0.15, -0.1) is 0 Å². The van der Waals surface area contributed by atoms with E-state index in [1.165, 1.54) is 0 Å². The molecule has 0 spiro atoms. The van der Waals surface area contributed by atoms with Crippen molar-refractivity contribution in [1.82, 2.24) is 4.90 Å². The van der Waals surface area contributed by atoms with E-state index >= 15 is 0 Å². The number of aliphatic hydroxyl groups is 1. The molecule has 1 saturated heterocycles. The van der Waals surface area contributed by atoms with Gasteiger partial charge in [0, 0.05) is 13.2 Å². The summed E-state index contributed by atoms with van der Waals surface area (Å²) in [5.41, 5.74) is 0. The summed E-state index contributed by atoms with van der Waals surface area (Å²) in [7, 11) is 0. The molecule has 4 nitrogen and oxygen atoms in total. The van der Waals surface area contributed by atoms with E-state index in [2.05, 4.69) is 0 Å². The lowest BCUT2D eigenvalue weighted by atomic mass is 10.1. The van der Waals surface area contributed by atoms with E-state index in [0.29, 0.717) is 17.9 Å². The Bertz CT molecular complexity index is 252. The lowest BCUT2D eigenvalue weighted by Gasteiger charge is -2.29. The maximum absolute atomic E-state index is 12.2. The Balaban J connectivity index is 2.58. The lowest BCUT2D eigenvalue weighted by Crippen LogP contribution is -2.47. The maximum atomic E-state index is 12.2. The van der Waals surface area contributed by atoms with Crippen LogP contribution in [0.5, 0.6) is 0 Å². The molecule has 0 bridgehead atoms. The highest BCUT2D eigenvalue weighted by Gasteiger charge is 2.35. The van der Waals surface area contributed by atoms with Crippen molar-refractivity contribution in [2.75, 3.05) is 26.3 Å². The number of aliphatic hydroxyl groups excluding tert-OH is 1. The topological polar surface area (TPSA) is 49.8 Å². The average molecular weight is 255 g/mol. The van der Waals surface area contributed by atoms with Crippen molar-refractivity contribution in [2.24, 2.45) is 0 Å². The molecule has 1 unspecified atom stereocenters. The van der Waals surface area contributed by atoms with Crippen molar-refractivity contribution in [1.29, 1.82) is 0 Å². The normalized spacial score (nSPS) is 21.3. The molecule has 0 radical (unpaired) electrons. The Morgan fingerprint density at radius 3 is 2.59 bits per heavy atom. The van der Waals surface area contributed by atoms with Gasteiger partial charge < -0.3 is 14.7 Å². The van der Waals surface area contributed by atoms with Crippen molar-refractivity contribution in [2.45, 2.75) is 31.5 Å². The number of carbonyl (C=O) groups excluding carboxylic acids is 1. The van der Waals surface area contributed by atoms with Gasteiger partial charge in [-0.25, -0.2) is 0 Å². The first-order chi connectivity index (χ1) is 7.94. The zero-order valence-electron chi connectivity index (χ0n) is 9.37. The number of hydrogen-bond donors (Lipinski definition) is 1. The van der Waals surface area contributed by atoms with Gasteiger partial charge in [-0.2, -0.15) is 13.2 Å². The van der Waals surface area contributed by atoms with Crippen LogP contribution < -0.4 is 0 Å². The summed E-state index contributed by atoms with van der Waals surface area (Å²) in [6, 6.07) is 0. The van der Waals surface area contributed by atoms with E-state index in [-0.39, 0.29) is 6.54 Å². The van der Waals surface area contributed by atoms with Crippen molar-refractivity contribution in [3.63, 3.8) is 0 Å². The average Bonchev–Trinajstić information content (AvgIpc) is 2.27. The highest BCUT2D eigenvalue weighted by Crippen LogP contribution is 2.20. The van der Waals surface area contributed by atoms with Gasteiger partial charge in [-0.1, -0.05) is 0 Å². The second-order valence-electron chi connectivity index (χ2n) is 3.95. The van der Waals surface area contributed by atoms with Crippen molar-refractivity contribution in [3.8, 4) is 0 Å². The monoisotopic (exact) mass is 255 g/mol. The van der Waals surface area contributed by atoms with Crippen LogP contribution in [0.25, 0.3) is 0 Å². The number of nitrogens with zero attached hydrogens (tertiary/aromatic N) is 1. The quantitative estimate of drug-likeness (QED) is 0.813. The molecule has 1 fully saturated rings. The van der Waals surface area contributed by atoms with Gasteiger partial charge in [-0.3, -0.25) is 4.79 Å². The second-order valence-corrected chi connectivity index (χ2v) is 3.95. The molecule has 0 aliphatic carbocycles. The molecule has 0 aromatic rings. The van der Waals surface area contributed by atoms with Crippen LogP contribution in [0.15, 0.2) is 0 Å². The molecule has 1 aliphatic rings. The summed E-state index contributed by atoms with van der Waals surface area (Å²) in [5, 5.41) is 8.68. The number of rotatable bonds is 4. The molecule has 100 valence electrons. The van der Waals surface area contributed by atoms with Crippen molar-refractivity contribution >= 4 is 5.91 Å². The number of hydrogen-bond acceptors (Lipinski definition) is 3. The van der Waals surface area contributed by atoms with Gasteiger partial charge in [0.25, 0.3) is 5.91 Å². The van der Waals surface area contributed by atoms with E-state index in [0.717, 1.165) is 12.8 Å². The summed E-state index contributed by atoms with van der Waals surface area (Å²) in [6.45, 7) is -1.76. The summed E-state index contributed by atoms with van der Waals surface area (Å²) in [6.07, 6.45) is -3.21. The number of alkyl halides is 3. The van der Waals surface area contributed by atoms with Gasteiger partial charge in [0.1, 0.15) is 12.6 Å². The molecule has 7 heteroatoms. The molecule has 0 saturated carbocycles. The van der Waals surface area contributed by atoms with Gasteiger partial charge in [-0.05, 0) is 19.3 Å². The standard InChI is InChI=1S/C10H16F3NO3/c11-10(12,13)7-14(4-5-15)9(16)8-3-1-2-6-17-8/h8,15H,1-7H2. The van der Waals surface area contributed by atoms with Crippen LogP contribution in [0.4, 0.5) is 13.2 Å². The van der Waals surface area contributed by atoms with Gasteiger partial charge in [0.05, 0.1) is 6.61 Å².